The van der Waals surface area contributed by atoms with Crippen molar-refractivity contribution in [2.75, 3.05) is 0 Å². The molecular formula is C16H18N2O4. The Bertz CT molecular complexity index is 746. The van der Waals surface area contributed by atoms with Crippen molar-refractivity contribution in [2.24, 2.45) is 0 Å². The normalized spacial score (nSPS) is 13.1. The van der Waals surface area contributed by atoms with Gasteiger partial charge in [-0.05, 0) is 43.7 Å². The Kier molecular flexibility index (Phi) is 4.50. The molecule has 0 aliphatic heterocycles. The Morgan fingerprint density at radius 3 is 2.73 bits per heavy atom. The van der Waals surface area contributed by atoms with Gasteiger partial charge in [0.2, 0.25) is 0 Å². The summed E-state index contributed by atoms with van der Waals surface area (Å²) in [6.07, 6.45) is 3.31. The van der Waals surface area contributed by atoms with Crippen molar-refractivity contribution in [1.82, 2.24) is 10.3 Å². The number of nitrogens with one attached hydrogen (secondary N) is 2. The fourth-order valence-corrected chi connectivity index (χ4v) is 2.38. The second-order valence-corrected chi connectivity index (χ2v) is 5.22. The molecule has 2 rings (SSSR count). The SMILES string of the molecule is CC(=O)C=C(C)N[C@@H](Cc1c[nH]c2ccc(O)cc12)C(=O)O. The van der Waals surface area contributed by atoms with Crippen LogP contribution in [-0.2, 0) is 16.0 Å². The van der Waals surface area contributed by atoms with Gasteiger partial charge < -0.3 is 20.5 Å². The molecule has 1 atom stereocenters. The largest absolute Gasteiger partial charge is 0.508 e. The summed E-state index contributed by atoms with van der Waals surface area (Å²) in [6.45, 7) is 3.06. The van der Waals surface area contributed by atoms with E-state index < -0.39 is 12.0 Å². The molecule has 0 bridgehead atoms. The molecule has 0 fully saturated rings. The first-order chi connectivity index (χ1) is 10.4. The van der Waals surface area contributed by atoms with Crippen LogP contribution >= 0.6 is 0 Å². The molecule has 0 aliphatic rings. The highest BCUT2D eigenvalue weighted by molar-refractivity contribution is 5.88. The van der Waals surface area contributed by atoms with Crippen LogP contribution in [0.15, 0.2) is 36.2 Å². The third-order valence-electron chi connectivity index (χ3n) is 3.29. The number of phenolic OH excluding ortho intramolecular Hbond substituents is 1. The van der Waals surface area contributed by atoms with Crippen molar-refractivity contribution < 1.29 is 19.8 Å². The lowest BCUT2D eigenvalue weighted by atomic mass is 10.0. The molecular weight excluding hydrogens is 284 g/mol. The third kappa shape index (κ3) is 3.66. The summed E-state index contributed by atoms with van der Waals surface area (Å²) in [5.74, 6) is -1.03. The quantitative estimate of drug-likeness (QED) is 0.611. The van der Waals surface area contributed by atoms with Crippen molar-refractivity contribution >= 4 is 22.7 Å². The van der Waals surface area contributed by atoms with E-state index in [2.05, 4.69) is 10.3 Å². The number of aromatic hydroxyl groups is 1. The molecule has 116 valence electrons. The number of benzene rings is 1. The lowest BCUT2D eigenvalue weighted by Gasteiger charge is -2.15. The maximum absolute atomic E-state index is 11.4. The number of rotatable bonds is 6. The van der Waals surface area contributed by atoms with Gasteiger partial charge in [0.15, 0.2) is 5.78 Å². The molecule has 0 amide bonds. The number of aromatic nitrogens is 1. The summed E-state index contributed by atoms with van der Waals surface area (Å²) in [5, 5.41) is 22.5. The number of carboxylic acid groups (broad SMARTS) is 1. The molecule has 1 heterocycles. The summed E-state index contributed by atoms with van der Waals surface area (Å²) in [7, 11) is 0. The van der Waals surface area contributed by atoms with Gasteiger partial charge in [0.05, 0.1) is 0 Å². The number of aromatic amines is 1. The zero-order chi connectivity index (χ0) is 16.3. The van der Waals surface area contributed by atoms with Gasteiger partial charge in [0, 0.05) is 29.2 Å². The van der Waals surface area contributed by atoms with Crippen molar-refractivity contribution in [3.8, 4) is 5.75 Å². The minimum absolute atomic E-state index is 0.126. The van der Waals surface area contributed by atoms with Gasteiger partial charge in [-0.15, -0.1) is 0 Å². The molecule has 0 saturated carbocycles. The smallest absolute Gasteiger partial charge is 0.326 e. The van der Waals surface area contributed by atoms with Crippen molar-refractivity contribution in [3.05, 3.63) is 41.7 Å². The van der Waals surface area contributed by atoms with Crippen molar-refractivity contribution in [3.63, 3.8) is 0 Å². The van der Waals surface area contributed by atoms with Crippen LogP contribution in [0.25, 0.3) is 10.9 Å². The number of fused-ring (bicyclic) bond motifs is 1. The Labute approximate surface area is 127 Å². The molecule has 2 aromatic rings. The maximum atomic E-state index is 11.4. The zero-order valence-corrected chi connectivity index (χ0v) is 12.4. The minimum atomic E-state index is -1.01. The number of carbonyl (C=O) groups is 2. The van der Waals surface area contributed by atoms with Crippen LogP contribution in [0, 0.1) is 0 Å². The van der Waals surface area contributed by atoms with E-state index in [0.717, 1.165) is 16.5 Å². The van der Waals surface area contributed by atoms with E-state index in [1.165, 1.54) is 13.0 Å². The molecule has 4 N–H and O–H groups in total. The van der Waals surface area contributed by atoms with E-state index in [1.807, 2.05) is 0 Å². The summed E-state index contributed by atoms with van der Waals surface area (Å²) < 4.78 is 0. The monoisotopic (exact) mass is 302 g/mol. The highest BCUT2D eigenvalue weighted by Gasteiger charge is 2.19. The van der Waals surface area contributed by atoms with Gasteiger partial charge in [-0.1, -0.05) is 0 Å². The van der Waals surface area contributed by atoms with E-state index >= 15 is 0 Å². The Morgan fingerprint density at radius 1 is 1.36 bits per heavy atom. The molecule has 0 unspecified atom stereocenters. The van der Waals surface area contributed by atoms with Gasteiger partial charge in [0.1, 0.15) is 11.8 Å². The molecule has 6 nitrogen and oxygen atoms in total. The molecule has 1 aromatic heterocycles. The van der Waals surface area contributed by atoms with E-state index in [0.29, 0.717) is 5.70 Å². The Morgan fingerprint density at radius 2 is 2.09 bits per heavy atom. The summed E-state index contributed by atoms with van der Waals surface area (Å²) >= 11 is 0. The number of hydrogen-bond donors (Lipinski definition) is 4. The molecule has 6 heteroatoms. The number of aliphatic carboxylic acids is 1. The average Bonchev–Trinajstić information content (AvgIpc) is 2.79. The lowest BCUT2D eigenvalue weighted by Crippen LogP contribution is -2.37. The average molecular weight is 302 g/mol. The fraction of sp³-hybridized carbons (Fsp3) is 0.250. The van der Waals surface area contributed by atoms with Crippen LogP contribution in [0.5, 0.6) is 5.75 Å². The van der Waals surface area contributed by atoms with Crippen molar-refractivity contribution in [1.29, 1.82) is 0 Å². The maximum Gasteiger partial charge on any atom is 0.326 e. The molecule has 22 heavy (non-hydrogen) atoms. The number of ketones is 1. The van der Waals surface area contributed by atoms with Crippen LogP contribution in [0.1, 0.15) is 19.4 Å². The van der Waals surface area contributed by atoms with Gasteiger partial charge in [-0.3, -0.25) is 4.79 Å². The number of H-pyrrole nitrogens is 1. The fourth-order valence-electron chi connectivity index (χ4n) is 2.38. The first-order valence-corrected chi connectivity index (χ1v) is 6.84. The van der Waals surface area contributed by atoms with Crippen LogP contribution < -0.4 is 5.32 Å². The summed E-state index contributed by atoms with van der Waals surface area (Å²) in [5.41, 5.74) is 2.11. The molecule has 1 aromatic carbocycles. The Hall–Kier alpha value is -2.76. The predicted octanol–water partition coefficient (Wildman–Crippen LogP) is 1.95. The van der Waals surface area contributed by atoms with E-state index in [-0.39, 0.29) is 18.0 Å². The topological polar surface area (TPSA) is 102 Å². The van der Waals surface area contributed by atoms with Crippen LogP contribution in [0.2, 0.25) is 0 Å². The first-order valence-electron chi connectivity index (χ1n) is 6.84. The van der Waals surface area contributed by atoms with E-state index in [4.69, 9.17) is 0 Å². The number of carboxylic acids is 1. The minimum Gasteiger partial charge on any atom is -0.508 e. The van der Waals surface area contributed by atoms with Crippen LogP contribution in [0.3, 0.4) is 0 Å². The summed E-state index contributed by atoms with van der Waals surface area (Å²) in [6, 6.07) is 4.03. The highest BCUT2D eigenvalue weighted by atomic mass is 16.4. The van der Waals surface area contributed by atoms with Gasteiger partial charge >= 0.3 is 5.97 Å². The van der Waals surface area contributed by atoms with Gasteiger partial charge in [0.25, 0.3) is 0 Å². The molecule has 0 saturated heterocycles. The second-order valence-electron chi connectivity index (χ2n) is 5.22. The first kappa shape index (κ1) is 15.6. The third-order valence-corrected chi connectivity index (χ3v) is 3.29. The van der Waals surface area contributed by atoms with Gasteiger partial charge in [-0.25, -0.2) is 4.79 Å². The molecule has 0 spiro atoms. The zero-order valence-electron chi connectivity index (χ0n) is 12.4. The predicted molar refractivity (Wildman–Crippen MR) is 82.7 cm³/mol. The number of allylic oxidation sites excluding steroid dienone is 2. The lowest BCUT2D eigenvalue weighted by molar-refractivity contribution is -0.139. The van der Waals surface area contributed by atoms with Crippen LogP contribution in [0.4, 0.5) is 0 Å². The van der Waals surface area contributed by atoms with Crippen LogP contribution in [-0.4, -0.2) is 33.0 Å². The van der Waals surface area contributed by atoms with E-state index in [9.17, 15) is 19.8 Å². The second kappa shape index (κ2) is 6.34. The van der Waals surface area contributed by atoms with E-state index in [1.54, 1.807) is 31.3 Å². The van der Waals surface area contributed by atoms with Crippen molar-refractivity contribution in [2.45, 2.75) is 26.3 Å². The number of hydrogen-bond acceptors (Lipinski definition) is 4. The number of carbonyl (C=O) groups excluding carboxylic acids is 1. The highest BCUT2D eigenvalue weighted by Crippen LogP contribution is 2.24. The summed E-state index contributed by atoms with van der Waals surface area (Å²) in [4.78, 5) is 25.5. The molecule has 0 radical (unpaired) electrons. The standard InChI is InChI=1S/C16H18N2O4/c1-9(5-10(2)19)18-15(16(21)22)6-11-8-17-14-4-3-12(20)7-13(11)14/h3-5,7-8,15,17-18,20H,6H2,1-2H3,(H,21,22)/t15-/m0/s1. The van der Waals surface area contributed by atoms with Gasteiger partial charge in [-0.2, -0.15) is 0 Å². The Balaban J connectivity index is 2.25. The number of phenols is 1. The molecule has 0 aliphatic carbocycles.